The first-order chi connectivity index (χ1) is 10.2. The van der Waals surface area contributed by atoms with Gasteiger partial charge in [-0.15, -0.1) is 0 Å². The summed E-state index contributed by atoms with van der Waals surface area (Å²) >= 11 is 0. The van der Waals surface area contributed by atoms with Crippen molar-refractivity contribution in [1.29, 1.82) is 0 Å². The summed E-state index contributed by atoms with van der Waals surface area (Å²) in [5, 5.41) is 0. The van der Waals surface area contributed by atoms with Crippen molar-refractivity contribution in [2.45, 2.75) is 57.9 Å². The molecule has 2 rings (SSSR count). The van der Waals surface area contributed by atoms with Gasteiger partial charge in [-0.2, -0.15) is 0 Å². The van der Waals surface area contributed by atoms with E-state index in [0.29, 0.717) is 19.7 Å². The Morgan fingerprint density at radius 3 is 2.57 bits per heavy atom. The fraction of sp³-hybridized carbons (Fsp3) is 0.875. The molecule has 21 heavy (non-hydrogen) atoms. The molecule has 0 radical (unpaired) electrons. The molecular formula is C16H28N2O3. The van der Waals surface area contributed by atoms with Crippen LogP contribution in [0, 0.1) is 11.8 Å². The van der Waals surface area contributed by atoms with Crippen LogP contribution in [-0.2, 0) is 14.3 Å². The maximum absolute atomic E-state index is 12.9. The van der Waals surface area contributed by atoms with Crippen LogP contribution < -0.4 is 5.73 Å². The number of hydrogen-bond donors (Lipinski definition) is 1. The number of ether oxygens (including phenoxy) is 1. The van der Waals surface area contributed by atoms with Crippen molar-refractivity contribution in [1.82, 2.24) is 4.90 Å². The number of nitrogens with zero attached hydrogens (tertiary/aromatic N) is 1. The zero-order valence-electron chi connectivity index (χ0n) is 13.1. The minimum atomic E-state index is -0.383. The predicted molar refractivity (Wildman–Crippen MR) is 80.5 cm³/mol. The third kappa shape index (κ3) is 3.76. The minimum Gasteiger partial charge on any atom is -0.464 e. The summed E-state index contributed by atoms with van der Waals surface area (Å²) in [7, 11) is 0. The monoisotopic (exact) mass is 296 g/mol. The Kier molecular flexibility index (Phi) is 6.03. The van der Waals surface area contributed by atoms with Crippen LogP contribution in [-0.4, -0.2) is 42.5 Å². The molecule has 120 valence electrons. The predicted octanol–water partition coefficient (Wildman–Crippen LogP) is 1.70. The molecule has 0 spiro atoms. The van der Waals surface area contributed by atoms with Gasteiger partial charge in [-0.1, -0.05) is 12.8 Å². The molecule has 3 unspecified atom stereocenters. The lowest BCUT2D eigenvalue weighted by atomic mass is 9.78. The number of esters is 1. The van der Waals surface area contributed by atoms with E-state index in [0.717, 1.165) is 44.9 Å². The van der Waals surface area contributed by atoms with Gasteiger partial charge >= 0.3 is 5.97 Å². The average Bonchev–Trinajstić information content (AvgIpc) is 2.54. The molecule has 5 nitrogen and oxygen atoms in total. The summed E-state index contributed by atoms with van der Waals surface area (Å²) in [5.74, 6) is 0.156. The van der Waals surface area contributed by atoms with Crippen molar-refractivity contribution >= 4 is 11.9 Å². The van der Waals surface area contributed by atoms with Crippen LogP contribution in [0.3, 0.4) is 0 Å². The molecule has 1 saturated carbocycles. The van der Waals surface area contributed by atoms with E-state index in [1.807, 2.05) is 0 Å². The first-order valence-electron chi connectivity index (χ1n) is 8.36. The van der Waals surface area contributed by atoms with Crippen molar-refractivity contribution < 1.29 is 14.3 Å². The molecule has 0 aromatic carbocycles. The standard InChI is InChI=1S/C16H28N2O3/c1-2-21-16(20)14-9-5-6-10-18(14)15(19)13-8-4-3-7-12(13)11-17/h12-14H,2-11,17H2,1H3. The molecule has 2 aliphatic rings. The number of hydrogen-bond acceptors (Lipinski definition) is 4. The van der Waals surface area contributed by atoms with Gasteiger partial charge in [0.1, 0.15) is 6.04 Å². The number of amides is 1. The van der Waals surface area contributed by atoms with Gasteiger partial charge in [0.05, 0.1) is 6.61 Å². The van der Waals surface area contributed by atoms with Crippen LogP contribution in [0.25, 0.3) is 0 Å². The van der Waals surface area contributed by atoms with E-state index in [1.165, 1.54) is 0 Å². The van der Waals surface area contributed by atoms with Crippen molar-refractivity contribution in [2.75, 3.05) is 19.7 Å². The van der Waals surface area contributed by atoms with Crippen LogP contribution in [0.4, 0.5) is 0 Å². The van der Waals surface area contributed by atoms with Crippen LogP contribution >= 0.6 is 0 Å². The summed E-state index contributed by atoms with van der Waals surface area (Å²) in [6.45, 7) is 3.41. The maximum atomic E-state index is 12.9. The van der Waals surface area contributed by atoms with E-state index in [1.54, 1.807) is 11.8 Å². The Balaban J connectivity index is 2.08. The zero-order valence-corrected chi connectivity index (χ0v) is 13.1. The van der Waals surface area contributed by atoms with Gasteiger partial charge in [-0.05, 0) is 51.5 Å². The van der Waals surface area contributed by atoms with E-state index >= 15 is 0 Å². The highest BCUT2D eigenvalue weighted by atomic mass is 16.5. The minimum absolute atomic E-state index is 0.00113. The van der Waals surface area contributed by atoms with Crippen molar-refractivity contribution in [3.8, 4) is 0 Å². The quantitative estimate of drug-likeness (QED) is 0.801. The van der Waals surface area contributed by atoms with Gasteiger partial charge < -0.3 is 15.4 Å². The van der Waals surface area contributed by atoms with Crippen LogP contribution in [0.5, 0.6) is 0 Å². The lowest BCUT2D eigenvalue weighted by Crippen LogP contribution is -2.52. The number of carbonyl (C=O) groups excluding carboxylic acids is 2. The van der Waals surface area contributed by atoms with Gasteiger partial charge in [0.25, 0.3) is 0 Å². The maximum Gasteiger partial charge on any atom is 0.328 e. The van der Waals surface area contributed by atoms with Gasteiger partial charge in [-0.3, -0.25) is 4.79 Å². The molecule has 0 aromatic rings. The molecule has 3 atom stereocenters. The zero-order chi connectivity index (χ0) is 15.2. The van der Waals surface area contributed by atoms with Crippen molar-refractivity contribution in [3.63, 3.8) is 0 Å². The molecule has 0 bridgehead atoms. The molecule has 1 heterocycles. The topological polar surface area (TPSA) is 72.6 Å². The van der Waals surface area contributed by atoms with E-state index in [2.05, 4.69) is 0 Å². The van der Waals surface area contributed by atoms with Gasteiger partial charge in [-0.25, -0.2) is 4.79 Å². The van der Waals surface area contributed by atoms with Crippen LogP contribution in [0.15, 0.2) is 0 Å². The molecule has 1 aliphatic heterocycles. The fourth-order valence-electron chi connectivity index (χ4n) is 3.71. The van der Waals surface area contributed by atoms with Gasteiger partial charge in [0.15, 0.2) is 0 Å². The smallest absolute Gasteiger partial charge is 0.328 e. The molecule has 2 fully saturated rings. The summed E-state index contributed by atoms with van der Waals surface area (Å²) in [5.41, 5.74) is 5.84. The second-order valence-electron chi connectivity index (χ2n) is 6.18. The molecular weight excluding hydrogens is 268 g/mol. The third-order valence-electron chi connectivity index (χ3n) is 4.87. The molecule has 1 amide bonds. The highest BCUT2D eigenvalue weighted by Gasteiger charge is 2.39. The lowest BCUT2D eigenvalue weighted by Gasteiger charge is -2.39. The Bertz CT molecular complexity index is 373. The highest BCUT2D eigenvalue weighted by Crippen LogP contribution is 2.32. The Morgan fingerprint density at radius 2 is 1.86 bits per heavy atom. The first-order valence-corrected chi connectivity index (χ1v) is 8.36. The van der Waals surface area contributed by atoms with Crippen molar-refractivity contribution in [2.24, 2.45) is 17.6 Å². The summed E-state index contributed by atoms with van der Waals surface area (Å²) < 4.78 is 5.14. The second-order valence-corrected chi connectivity index (χ2v) is 6.18. The lowest BCUT2D eigenvalue weighted by molar-refractivity contribution is -0.159. The molecule has 2 N–H and O–H groups in total. The normalized spacial score (nSPS) is 30.0. The van der Waals surface area contributed by atoms with Crippen LogP contribution in [0.1, 0.15) is 51.9 Å². The van der Waals surface area contributed by atoms with E-state index < -0.39 is 0 Å². The Hall–Kier alpha value is -1.10. The second kappa shape index (κ2) is 7.78. The highest BCUT2D eigenvalue weighted by molar-refractivity contribution is 5.86. The molecule has 1 aliphatic carbocycles. The number of rotatable bonds is 4. The van der Waals surface area contributed by atoms with Crippen LogP contribution in [0.2, 0.25) is 0 Å². The molecule has 1 saturated heterocycles. The first kappa shape index (κ1) is 16.3. The van der Waals surface area contributed by atoms with E-state index in [9.17, 15) is 9.59 Å². The fourth-order valence-corrected chi connectivity index (χ4v) is 3.71. The Morgan fingerprint density at radius 1 is 1.14 bits per heavy atom. The number of nitrogens with two attached hydrogens (primary N) is 1. The molecule has 0 aromatic heterocycles. The van der Waals surface area contributed by atoms with Gasteiger partial charge in [0.2, 0.25) is 5.91 Å². The average molecular weight is 296 g/mol. The summed E-state index contributed by atoms with van der Waals surface area (Å²) in [6, 6.07) is -0.383. The van der Waals surface area contributed by atoms with Crippen molar-refractivity contribution in [3.05, 3.63) is 0 Å². The summed E-state index contributed by atoms with van der Waals surface area (Å²) in [6.07, 6.45) is 6.87. The number of likely N-dealkylation sites (tertiary alicyclic amines) is 1. The SMILES string of the molecule is CCOC(=O)C1CCCCN1C(=O)C1CCCCC1CN. The van der Waals surface area contributed by atoms with E-state index in [-0.39, 0.29) is 29.8 Å². The summed E-state index contributed by atoms with van der Waals surface area (Å²) in [4.78, 5) is 26.8. The van der Waals surface area contributed by atoms with Gasteiger partial charge in [0, 0.05) is 12.5 Å². The number of piperidine rings is 1. The van der Waals surface area contributed by atoms with E-state index in [4.69, 9.17) is 10.5 Å². The number of carbonyl (C=O) groups is 2. The molecule has 5 heteroatoms. The third-order valence-corrected chi connectivity index (χ3v) is 4.87. The largest absolute Gasteiger partial charge is 0.464 e. The Labute approximate surface area is 127 Å².